The van der Waals surface area contributed by atoms with E-state index in [1.54, 1.807) is 24.3 Å². The summed E-state index contributed by atoms with van der Waals surface area (Å²) in [5.41, 5.74) is -0.0602. The van der Waals surface area contributed by atoms with Crippen LogP contribution < -0.4 is 10.2 Å². The summed E-state index contributed by atoms with van der Waals surface area (Å²) < 4.78 is 0. The number of aromatic nitrogens is 2. The second-order valence-electron chi connectivity index (χ2n) is 3.00. The third-order valence-corrected chi connectivity index (χ3v) is 1.75. The van der Waals surface area contributed by atoms with Gasteiger partial charge in [0.15, 0.2) is 0 Å². The van der Waals surface area contributed by atoms with Gasteiger partial charge in [-0.15, -0.1) is 0 Å². The SMILES string of the molecule is O.O.O.O.O=C([O-])c1ccccn1.O=C([O-])c1ccccn1.[Sr+2]. The largest absolute Gasteiger partial charge is 2.00 e. The predicted molar refractivity (Wildman–Crippen MR) is 77.3 cm³/mol. The maximum absolute atomic E-state index is 10.0. The molecule has 11 heteroatoms. The van der Waals surface area contributed by atoms with Crippen LogP contribution in [-0.4, -0.2) is 89.3 Å². The number of carbonyl (C=O) groups excluding carboxylic acids is 2. The van der Waals surface area contributed by atoms with Crippen molar-refractivity contribution < 1.29 is 41.7 Å². The molecule has 0 aliphatic rings. The molecule has 23 heavy (non-hydrogen) atoms. The average Bonchev–Trinajstić information content (AvgIpc) is 2.41. The number of nitrogens with zero attached hydrogens (tertiary/aromatic N) is 2. The summed E-state index contributed by atoms with van der Waals surface area (Å²) in [4.78, 5) is 27.1. The van der Waals surface area contributed by atoms with Crippen molar-refractivity contribution in [3.63, 3.8) is 0 Å². The summed E-state index contributed by atoms with van der Waals surface area (Å²) in [5, 5.41) is 20.1. The van der Waals surface area contributed by atoms with Crippen molar-refractivity contribution >= 4 is 57.4 Å². The average molecular weight is 404 g/mol. The third-order valence-electron chi connectivity index (χ3n) is 1.75. The molecule has 0 aromatic carbocycles. The molecule has 8 N–H and O–H groups in total. The van der Waals surface area contributed by atoms with Crippen LogP contribution in [0.15, 0.2) is 48.8 Å². The molecule has 2 heterocycles. The van der Waals surface area contributed by atoms with Gasteiger partial charge in [-0.25, -0.2) is 0 Å². The molecule has 0 spiro atoms. The van der Waals surface area contributed by atoms with Crippen LogP contribution in [0.1, 0.15) is 21.0 Å². The van der Waals surface area contributed by atoms with E-state index in [0.29, 0.717) is 0 Å². The van der Waals surface area contributed by atoms with E-state index in [2.05, 4.69) is 9.97 Å². The molecule has 2 aromatic heterocycles. The Morgan fingerprint density at radius 3 is 1.13 bits per heavy atom. The zero-order valence-electron chi connectivity index (χ0n) is 11.9. The number of hydrogen-bond donors (Lipinski definition) is 0. The molecule has 0 bridgehead atoms. The monoisotopic (exact) mass is 404 g/mol. The Labute approximate surface area is 168 Å². The fourth-order valence-electron chi connectivity index (χ4n) is 0.967. The fraction of sp³-hybridized carbons (Fsp3) is 0. The topological polar surface area (TPSA) is 232 Å². The summed E-state index contributed by atoms with van der Waals surface area (Å²) in [7, 11) is 0. The number of carboxylic acids is 2. The zero-order valence-corrected chi connectivity index (χ0v) is 15.3. The van der Waals surface area contributed by atoms with Gasteiger partial charge in [0.05, 0.1) is 23.3 Å². The maximum atomic E-state index is 10.0. The van der Waals surface area contributed by atoms with Gasteiger partial charge in [0.2, 0.25) is 0 Å². The van der Waals surface area contributed by atoms with E-state index >= 15 is 0 Å². The van der Waals surface area contributed by atoms with Gasteiger partial charge in [0.25, 0.3) is 0 Å². The van der Waals surface area contributed by atoms with Crippen LogP contribution in [0.3, 0.4) is 0 Å². The number of carboxylic acid groups (broad SMARTS) is 2. The Morgan fingerprint density at radius 1 is 0.696 bits per heavy atom. The van der Waals surface area contributed by atoms with Crippen LogP contribution in [0, 0.1) is 0 Å². The molecule has 0 atom stereocenters. The first-order valence-corrected chi connectivity index (χ1v) is 4.86. The van der Waals surface area contributed by atoms with Crippen LogP contribution in [0.2, 0.25) is 0 Å². The molecule has 0 aliphatic carbocycles. The van der Waals surface area contributed by atoms with Gasteiger partial charge < -0.3 is 41.7 Å². The van der Waals surface area contributed by atoms with Gasteiger partial charge >= 0.3 is 45.5 Å². The van der Waals surface area contributed by atoms with Gasteiger partial charge in [-0.2, -0.15) is 0 Å². The molecule has 2 aromatic rings. The molecule has 124 valence electrons. The van der Waals surface area contributed by atoms with Crippen LogP contribution in [0.4, 0.5) is 0 Å². The van der Waals surface area contributed by atoms with Crippen molar-refractivity contribution in [2.75, 3.05) is 0 Å². The first-order chi connectivity index (χ1) is 8.61. The second kappa shape index (κ2) is 18.6. The molecular formula is C12H16N2O8Sr. The van der Waals surface area contributed by atoms with Gasteiger partial charge in [0, 0.05) is 12.4 Å². The van der Waals surface area contributed by atoms with Gasteiger partial charge in [0.1, 0.15) is 0 Å². The summed E-state index contributed by atoms with van der Waals surface area (Å²) in [6.07, 6.45) is 2.82. The number of aromatic carboxylic acids is 2. The van der Waals surface area contributed by atoms with E-state index in [-0.39, 0.29) is 78.8 Å². The molecule has 10 nitrogen and oxygen atoms in total. The normalized spacial score (nSPS) is 6.96. The van der Waals surface area contributed by atoms with E-state index < -0.39 is 11.9 Å². The van der Waals surface area contributed by atoms with E-state index in [4.69, 9.17) is 0 Å². The zero-order chi connectivity index (χ0) is 13.4. The molecular weight excluding hydrogens is 388 g/mol. The molecule has 0 saturated heterocycles. The minimum Gasteiger partial charge on any atom is -0.543 e. The van der Waals surface area contributed by atoms with E-state index in [1.165, 1.54) is 24.5 Å². The Balaban J connectivity index is -0.0000000771. The first-order valence-electron chi connectivity index (χ1n) is 4.86. The van der Waals surface area contributed by atoms with Crippen molar-refractivity contribution in [2.24, 2.45) is 0 Å². The summed E-state index contributed by atoms with van der Waals surface area (Å²) >= 11 is 0. The standard InChI is InChI=1S/2C6H5NO2.4H2O.Sr/c2*8-6(9)5-3-1-2-4-7-5;;;;;/h2*1-4H,(H,8,9);4*1H2;/q;;;;;;+2/p-2. The van der Waals surface area contributed by atoms with Crippen LogP contribution in [-0.2, 0) is 0 Å². The van der Waals surface area contributed by atoms with Gasteiger partial charge in [-0.05, 0) is 24.3 Å². The van der Waals surface area contributed by atoms with Gasteiger partial charge in [-0.3, -0.25) is 9.97 Å². The number of hydrogen-bond acceptors (Lipinski definition) is 6. The van der Waals surface area contributed by atoms with Crippen molar-refractivity contribution in [3.05, 3.63) is 60.2 Å². The Bertz CT molecular complexity index is 478. The van der Waals surface area contributed by atoms with Crippen LogP contribution in [0.25, 0.3) is 0 Å². The number of carbonyl (C=O) groups is 2. The summed E-state index contributed by atoms with van der Waals surface area (Å²) in [6, 6.07) is 9.25. The molecule has 0 radical (unpaired) electrons. The maximum Gasteiger partial charge on any atom is 2.00 e. The van der Waals surface area contributed by atoms with Crippen molar-refractivity contribution in [3.8, 4) is 0 Å². The molecule has 0 unspecified atom stereocenters. The molecule has 2 rings (SSSR count). The van der Waals surface area contributed by atoms with E-state index in [0.717, 1.165) is 0 Å². The minimum atomic E-state index is -1.24. The second-order valence-corrected chi connectivity index (χ2v) is 3.00. The smallest absolute Gasteiger partial charge is 0.543 e. The van der Waals surface area contributed by atoms with Crippen molar-refractivity contribution in [2.45, 2.75) is 0 Å². The van der Waals surface area contributed by atoms with E-state index in [9.17, 15) is 19.8 Å². The Hall–Kier alpha value is -1.44. The summed E-state index contributed by atoms with van der Waals surface area (Å²) in [6.45, 7) is 0. The Morgan fingerprint density at radius 2 is 1.00 bits per heavy atom. The van der Waals surface area contributed by atoms with Crippen molar-refractivity contribution in [1.82, 2.24) is 9.97 Å². The van der Waals surface area contributed by atoms with Gasteiger partial charge in [-0.1, -0.05) is 12.1 Å². The molecule has 0 aliphatic heterocycles. The number of rotatable bonds is 2. The summed E-state index contributed by atoms with van der Waals surface area (Å²) in [5.74, 6) is -2.48. The third kappa shape index (κ3) is 13.9. The quantitative estimate of drug-likeness (QED) is 0.445. The fourth-order valence-corrected chi connectivity index (χ4v) is 0.967. The Kier molecular flexibility index (Phi) is 26.9. The van der Waals surface area contributed by atoms with Crippen molar-refractivity contribution in [1.29, 1.82) is 0 Å². The minimum absolute atomic E-state index is 0. The van der Waals surface area contributed by atoms with Crippen LogP contribution >= 0.6 is 0 Å². The molecule has 0 saturated carbocycles. The molecule has 0 fully saturated rings. The first kappa shape index (κ1) is 33.2. The number of pyridine rings is 2. The van der Waals surface area contributed by atoms with E-state index in [1.807, 2.05) is 0 Å². The predicted octanol–water partition coefficient (Wildman–Crippen LogP) is -4.79. The molecule has 0 amide bonds. The van der Waals surface area contributed by atoms with Crippen LogP contribution in [0.5, 0.6) is 0 Å².